The van der Waals surface area contributed by atoms with E-state index in [4.69, 9.17) is 0 Å². The molecule has 2 fully saturated rings. The molecule has 3 atom stereocenters. The SMILES string of the molecule is Cc1cccc(C[C@H](CNC(=O)[C@@H]2C[C@H]2C2CC2)C(=O)O)c1. The highest BCUT2D eigenvalue weighted by Crippen LogP contribution is 2.54. The van der Waals surface area contributed by atoms with Crippen molar-refractivity contribution in [3.63, 3.8) is 0 Å². The van der Waals surface area contributed by atoms with E-state index in [0.29, 0.717) is 12.3 Å². The van der Waals surface area contributed by atoms with Crippen molar-refractivity contribution < 1.29 is 14.7 Å². The first-order chi connectivity index (χ1) is 10.5. The zero-order chi connectivity index (χ0) is 15.7. The molecule has 1 amide bonds. The van der Waals surface area contributed by atoms with Gasteiger partial charge in [-0.3, -0.25) is 9.59 Å². The second-order valence-electron chi connectivity index (χ2n) is 6.82. The third-order valence-electron chi connectivity index (χ3n) is 4.84. The van der Waals surface area contributed by atoms with Crippen LogP contribution in [-0.4, -0.2) is 23.5 Å². The molecule has 4 heteroatoms. The number of carbonyl (C=O) groups is 2. The van der Waals surface area contributed by atoms with Crippen LogP contribution in [0.2, 0.25) is 0 Å². The number of benzene rings is 1. The molecule has 0 bridgehead atoms. The largest absolute Gasteiger partial charge is 0.481 e. The lowest BCUT2D eigenvalue weighted by Crippen LogP contribution is -2.35. The third kappa shape index (κ3) is 3.67. The average molecular weight is 301 g/mol. The Bertz CT molecular complexity index is 579. The lowest BCUT2D eigenvalue weighted by molar-refractivity contribution is -0.141. The van der Waals surface area contributed by atoms with E-state index in [1.807, 2.05) is 31.2 Å². The fourth-order valence-corrected chi connectivity index (χ4v) is 3.29. The number of carbonyl (C=O) groups excluding carboxylic acids is 1. The zero-order valence-corrected chi connectivity index (χ0v) is 12.9. The predicted octanol–water partition coefficient (Wildman–Crippen LogP) is 2.40. The Morgan fingerprint density at radius 3 is 2.77 bits per heavy atom. The normalized spacial score (nSPS) is 24.6. The summed E-state index contributed by atoms with van der Waals surface area (Å²) in [6.07, 6.45) is 3.97. The van der Waals surface area contributed by atoms with Crippen LogP contribution in [0.25, 0.3) is 0 Å². The standard InChI is InChI=1S/C18H23NO3/c1-11-3-2-4-12(7-11)8-14(18(21)22)10-19-17(20)16-9-15(16)13-5-6-13/h2-4,7,13-16H,5-6,8-10H2,1H3,(H,19,20)(H,21,22)/t14-,15+,16-/m1/s1. The van der Waals surface area contributed by atoms with E-state index < -0.39 is 11.9 Å². The van der Waals surface area contributed by atoms with E-state index >= 15 is 0 Å². The van der Waals surface area contributed by atoms with E-state index in [-0.39, 0.29) is 18.4 Å². The first kappa shape index (κ1) is 15.1. The molecule has 2 N–H and O–H groups in total. The number of aryl methyl sites for hydroxylation is 1. The van der Waals surface area contributed by atoms with Gasteiger partial charge in [0.1, 0.15) is 0 Å². The summed E-state index contributed by atoms with van der Waals surface area (Å²) in [5.74, 6) is 0.104. The van der Waals surface area contributed by atoms with Crippen molar-refractivity contribution in [3.8, 4) is 0 Å². The van der Waals surface area contributed by atoms with E-state index in [0.717, 1.165) is 23.5 Å². The molecule has 3 rings (SSSR count). The number of amides is 1. The van der Waals surface area contributed by atoms with Gasteiger partial charge < -0.3 is 10.4 Å². The van der Waals surface area contributed by atoms with E-state index in [1.54, 1.807) is 0 Å². The van der Waals surface area contributed by atoms with Gasteiger partial charge in [-0.2, -0.15) is 0 Å². The van der Waals surface area contributed by atoms with Gasteiger partial charge in [0.05, 0.1) is 5.92 Å². The highest BCUT2D eigenvalue weighted by Gasteiger charge is 2.51. The molecule has 0 aliphatic heterocycles. The Balaban J connectivity index is 1.51. The van der Waals surface area contributed by atoms with E-state index in [9.17, 15) is 14.7 Å². The minimum Gasteiger partial charge on any atom is -0.481 e. The molecule has 0 radical (unpaired) electrons. The van der Waals surface area contributed by atoms with Crippen LogP contribution in [-0.2, 0) is 16.0 Å². The monoisotopic (exact) mass is 301 g/mol. The Kier molecular flexibility index (Phi) is 4.19. The van der Waals surface area contributed by atoms with Crippen LogP contribution >= 0.6 is 0 Å². The smallest absolute Gasteiger partial charge is 0.308 e. The molecule has 2 saturated carbocycles. The van der Waals surface area contributed by atoms with Gasteiger partial charge in [-0.15, -0.1) is 0 Å². The Labute approximate surface area is 130 Å². The molecular weight excluding hydrogens is 278 g/mol. The third-order valence-corrected chi connectivity index (χ3v) is 4.84. The minimum absolute atomic E-state index is 0.0485. The molecule has 1 aromatic rings. The van der Waals surface area contributed by atoms with Crippen LogP contribution in [0, 0.1) is 30.6 Å². The Hall–Kier alpha value is -1.84. The van der Waals surface area contributed by atoms with Crippen LogP contribution < -0.4 is 5.32 Å². The second kappa shape index (κ2) is 6.11. The van der Waals surface area contributed by atoms with Gasteiger partial charge in [0.25, 0.3) is 0 Å². The van der Waals surface area contributed by atoms with Gasteiger partial charge in [-0.1, -0.05) is 29.8 Å². The molecule has 0 aromatic heterocycles. The first-order valence-electron chi connectivity index (χ1n) is 8.10. The highest BCUT2D eigenvalue weighted by molar-refractivity contribution is 5.82. The number of hydrogen-bond acceptors (Lipinski definition) is 2. The maximum atomic E-state index is 12.1. The summed E-state index contributed by atoms with van der Waals surface area (Å²) in [4.78, 5) is 23.5. The second-order valence-corrected chi connectivity index (χ2v) is 6.82. The quantitative estimate of drug-likeness (QED) is 0.812. The van der Waals surface area contributed by atoms with Crippen LogP contribution in [0.5, 0.6) is 0 Å². The van der Waals surface area contributed by atoms with E-state index in [1.165, 1.54) is 12.8 Å². The van der Waals surface area contributed by atoms with Crippen LogP contribution in [0.4, 0.5) is 0 Å². The summed E-state index contributed by atoms with van der Waals surface area (Å²) in [7, 11) is 0. The number of carboxylic acid groups (broad SMARTS) is 1. The summed E-state index contributed by atoms with van der Waals surface area (Å²) < 4.78 is 0. The first-order valence-corrected chi connectivity index (χ1v) is 8.10. The van der Waals surface area contributed by atoms with Crippen molar-refractivity contribution in [1.29, 1.82) is 0 Å². The lowest BCUT2D eigenvalue weighted by atomic mass is 9.98. The summed E-state index contributed by atoms with van der Waals surface area (Å²) in [6.45, 7) is 2.21. The van der Waals surface area contributed by atoms with Gasteiger partial charge in [-0.25, -0.2) is 0 Å². The number of hydrogen-bond donors (Lipinski definition) is 2. The Morgan fingerprint density at radius 1 is 1.36 bits per heavy atom. The van der Waals surface area contributed by atoms with Crippen molar-refractivity contribution in [1.82, 2.24) is 5.32 Å². The lowest BCUT2D eigenvalue weighted by Gasteiger charge is -2.14. The van der Waals surface area contributed by atoms with Crippen LogP contribution in [0.1, 0.15) is 30.4 Å². The maximum Gasteiger partial charge on any atom is 0.308 e. The molecule has 1 aromatic carbocycles. The number of carboxylic acids is 1. The van der Waals surface area contributed by atoms with Crippen molar-refractivity contribution >= 4 is 11.9 Å². The predicted molar refractivity (Wildman–Crippen MR) is 83.3 cm³/mol. The molecular formula is C18H23NO3. The summed E-state index contributed by atoms with van der Waals surface area (Å²) in [5.41, 5.74) is 2.12. The molecule has 0 spiro atoms. The van der Waals surface area contributed by atoms with Gasteiger partial charge in [0.2, 0.25) is 5.91 Å². The number of nitrogens with one attached hydrogen (secondary N) is 1. The average Bonchev–Trinajstić information content (AvgIpc) is 3.35. The summed E-state index contributed by atoms with van der Waals surface area (Å²) in [6, 6.07) is 7.87. The van der Waals surface area contributed by atoms with Gasteiger partial charge >= 0.3 is 5.97 Å². The van der Waals surface area contributed by atoms with Crippen LogP contribution in [0.15, 0.2) is 24.3 Å². The minimum atomic E-state index is -0.851. The summed E-state index contributed by atoms with van der Waals surface area (Å²) in [5, 5.41) is 12.2. The Morgan fingerprint density at radius 2 is 2.14 bits per heavy atom. The van der Waals surface area contributed by atoms with Crippen molar-refractivity contribution in [2.75, 3.05) is 6.54 Å². The van der Waals surface area contributed by atoms with Crippen molar-refractivity contribution in [3.05, 3.63) is 35.4 Å². The molecule has 2 aliphatic rings. The molecule has 0 saturated heterocycles. The fraction of sp³-hybridized carbons (Fsp3) is 0.556. The van der Waals surface area contributed by atoms with Crippen LogP contribution in [0.3, 0.4) is 0 Å². The van der Waals surface area contributed by atoms with Gasteiger partial charge in [-0.05, 0) is 50.0 Å². The summed E-state index contributed by atoms with van der Waals surface area (Å²) >= 11 is 0. The number of rotatable bonds is 7. The molecule has 0 heterocycles. The van der Waals surface area contributed by atoms with Crippen molar-refractivity contribution in [2.24, 2.45) is 23.7 Å². The fourth-order valence-electron chi connectivity index (χ4n) is 3.29. The van der Waals surface area contributed by atoms with Gasteiger partial charge in [0, 0.05) is 12.5 Å². The molecule has 118 valence electrons. The van der Waals surface area contributed by atoms with Gasteiger partial charge in [0.15, 0.2) is 0 Å². The maximum absolute atomic E-state index is 12.1. The topological polar surface area (TPSA) is 66.4 Å². The molecule has 2 aliphatic carbocycles. The molecule has 22 heavy (non-hydrogen) atoms. The molecule has 4 nitrogen and oxygen atoms in total. The highest BCUT2D eigenvalue weighted by atomic mass is 16.4. The number of aliphatic carboxylic acids is 1. The zero-order valence-electron chi connectivity index (χ0n) is 12.9. The van der Waals surface area contributed by atoms with E-state index in [2.05, 4.69) is 5.32 Å². The molecule has 0 unspecified atom stereocenters. The van der Waals surface area contributed by atoms with Crippen molar-refractivity contribution in [2.45, 2.75) is 32.6 Å².